The average molecular weight is 477 g/mol. The lowest BCUT2D eigenvalue weighted by atomic mass is 10.1. The Morgan fingerprint density at radius 2 is 1.62 bits per heavy atom. The smallest absolute Gasteiger partial charge is 0.338 e. The number of imidazole rings is 1. The molecule has 3 nitrogen and oxygen atoms in total. The maximum absolute atomic E-state index is 13.0. The highest BCUT2D eigenvalue weighted by Crippen LogP contribution is 2.37. The summed E-state index contributed by atoms with van der Waals surface area (Å²) in [6.07, 6.45) is -3.06. The molecule has 148 valence electrons. The van der Waals surface area contributed by atoms with Crippen molar-refractivity contribution in [3.63, 3.8) is 0 Å². The van der Waals surface area contributed by atoms with Crippen LogP contribution in [-0.4, -0.2) is 15.0 Å². The molecule has 0 aliphatic heterocycles. The maximum Gasteiger partial charge on any atom is 0.416 e. The molecule has 0 amide bonds. The fraction of sp³-hybridized carbons (Fsp3) is 0.0526. The molecule has 0 saturated carbocycles. The van der Waals surface area contributed by atoms with Crippen LogP contribution in [0.2, 0.25) is 20.1 Å². The van der Waals surface area contributed by atoms with Crippen molar-refractivity contribution in [2.24, 2.45) is 0 Å². The van der Waals surface area contributed by atoms with Crippen molar-refractivity contribution >= 4 is 57.4 Å². The summed E-state index contributed by atoms with van der Waals surface area (Å²) in [5, 5.41) is 0.958. The van der Waals surface area contributed by atoms with E-state index in [1.807, 2.05) is 0 Å². The third kappa shape index (κ3) is 3.90. The molecule has 0 fully saturated rings. The number of halogens is 7. The number of aromatic amines is 1. The van der Waals surface area contributed by atoms with Crippen molar-refractivity contribution in [1.82, 2.24) is 15.0 Å². The van der Waals surface area contributed by atoms with Gasteiger partial charge in [-0.15, -0.1) is 0 Å². The van der Waals surface area contributed by atoms with Gasteiger partial charge in [-0.25, -0.2) is 4.98 Å². The molecule has 0 atom stereocenters. The van der Waals surface area contributed by atoms with Crippen molar-refractivity contribution in [3.05, 3.63) is 68.2 Å². The minimum atomic E-state index is -4.52. The van der Waals surface area contributed by atoms with E-state index in [9.17, 15) is 13.2 Å². The van der Waals surface area contributed by atoms with E-state index in [1.54, 1.807) is 24.3 Å². The second kappa shape index (κ2) is 7.36. The van der Waals surface area contributed by atoms with Crippen LogP contribution in [0, 0.1) is 0 Å². The van der Waals surface area contributed by atoms with Gasteiger partial charge in [-0.1, -0.05) is 52.5 Å². The first kappa shape index (κ1) is 20.3. The van der Waals surface area contributed by atoms with Gasteiger partial charge in [0.15, 0.2) is 0 Å². The summed E-state index contributed by atoms with van der Waals surface area (Å²) in [5.41, 5.74) is 1.14. The molecule has 0 radical (unpaired) electrons. The fourth-order valence-corrected chi connectivity index (χ4v) is 3.87. The Kier molecular flexibility index (Phi) is 5.15. The largest absolute Gasteiger partial charge is 0.416 e. The summed E-state index contributed by atoms with van der Waals surface area (Å²) in [6.45, 7) is 0. The predicted molar refractivity (Wildman–Crippen MR) is 110 cm³/mol. The zero-order chi connectivity index (χ0) is 20.9. The predicted octanol–water partition coefficient (Wildman–Crippen LogP) is 7.92. The number of hydrogen-bond donors (Lipinski definition) is 1. The molecule has 10 heteroatoms. The van der Waals surface area contributed by atoms with Crippen molar-refractivity contribution in [2.45, 2.75) is 6.18 Å². The van der Waals surface area contributed by atoms with Crippen molar-refractivity contribution < 1.29 is 13.2 Å². The van der Waals surface area contributed by atoms with Crippen LogP contribution in [-0.2, 0) is 6.18 Å². The van der Waals surface area contributed by atoms with Crippen LogP contribution in [0.5, 0.6) is 0 Å². The zero-order valence-electron chi connectivity index (χ0n) is 14.1. The first-order valence-corrected chi connectivity index (χ1v) is 9.52. The third-order valence-corrected chi connectivity index (χ3v) is 5.27. The number of nitrogens with zero attached hydrogens (tertiary/aromatic N) is 2. The van der Waals surface area contributed by atoms with Crippen LogP contribution in [0.3, 0.4) is 0 Å². The van der Waals surface area contributed by atoms with Crippen molar-refractivity contribution in [1.29, 1.82) is 0 Å². The van der Waals surface area contributed by atoms with Gasteiger partial charge in [-0.05, 0) is 30.3 Å². The Balaban J connectivity index is 1.79. The molecule has 2 aromatic heterocycles. The first-order chi connectivity index (χ1) is 13.6. The summed E-state index contributed by atoms with van der Waals surface area (Å²) in [7, 11) is 0. The first-order valence-electron chi connectivity index (χ1n) is 8.01. The quantitative estimate of drug-likeness (QED) is 0.319. The molecule has 29 heavy (non-hydrogen) atoms. The molecule has 0 aliphatic rings. The number of hydrogen-bond acceptors (Lipinski definition) is 2. The SMILES string of the molecule is FC(F)(F)c1cc(Cl)c2nc(-c3ccc(-c4ncc(Cl)cc4Cl)cc3Cl)[nH]c2c1. The van der Waals surface area contributed by atoms with Gasteiger partial charge in [0.1, 0.15) is 11.3 Å². The molecule has 4 rings (SSSR count). The lowest BCUT2D eigenvalue weighted by Crippen LogP contribution is -2.04. The van der Waals surface area contributed by atoms with Gasteiger partial charge in [0, 0.05) is 17.3 Å². The summed E-state index contributed by atoms with van der Waals surface area (Å²) < 4.78 is 39.0. The van der Waals surface area contributed by atoms with E-state index in [2.05, 4.69) is 15.0 Å². The fourth-order valence-electron chi connectivity index (χ4n) is 2.85. The van der Waals surface area contributed by atoms with Crippen LogP contribution in [0.1, 0.15) is 5.56 Å². The number of nitrogens with one attached hydrogen (secondary N) is 1. The number of pyridine rings is 1. The van der Waals surface area contributed by atoms with E-state index in [4.69, 9.17) is 46.4 Å². The highest BCUT2D eigenvalue weighted by molar-refractivity contribution is 6.37. The monoisotopic (exact) mass is 475 g/mol. The van der Waals surface area contributed by atoms with E-state index in [0.717, 1.165) is 12.1 Å². The second-order valence-electron chi connectivity index (χ2n) is 6.12. The maximum atomic E-state index is 13.0. The molecule has 0 aliphatic carbocycles. The summed E-state index contributed by atoms with van der Waals surface area (Å²) in [4.78, 5) is 11.3. The Morgan fingerprint density at radius 3 is 2.28 bits per heavy atom. The molecule has 0 spiro atoms. The number of benzene rings is 2. The minimum absolute atomic E-state index is 0.109. The van der Waals surface area contributed by atoms with Gasteiger partial charge < -0.3 is 4.98 Å². The Hall–Kier alpha value is -1.99. The number of H-pyrrole nitrogens is 1. The van der Waals surface area contributed by atoms with Gasteiger partial charge >= 0.3 is 6.18 Å². The molecule has 0 bridgehead atoms. The molecule has 4 aromatic rings. The molecule has 2 heterocycles. The van der Waals surface area contributed by atoms with E-state index in [0.29, 0.717) is 31.9 Å². The van der Waals surface area contributed by atoms with Crippen molar-refractivity contribution in [3.8, 4) is 22.6 Å². The number of fused-ring (bicyclic) bond motifs is 1. The van der Waals surface area contributed by atoms with Crippen LogP contribution < -0.4 is 0 Å². The van der Waals surface area contributed by atoms with Gasteiger partial charge in [0.2, 0.25) is 0 Å². The number of alkyl halides is 3. The Bertz CT molecular complexity index is 1250. The average Bonchev–Trinajstić information content (AvgIpc) is 3.05. The standard InChI is InChI=1S/C19H8Cl4F3N3/c20-10-6-14(23)16(27-7-10)8-1-2-11(12(21)3-8)18-28-15-5-9(19(24,25)26)4-13(22)17(15)29-18/h1-7H,(H,28,29). The normalized spacial score (nSPS) is 12.0. The number of aromatic nitrogens is 3. The zero-order valence-corrected chi connectivity index (χ0v) is 17.1. The van der Waals surface area contributed by atoms with E-state index in [1.165, 1.54) is 6.20 Å². The minimum Gasteiger partial charge on any atom is -0.338 e. The topological polar surface area (TPSA) is 41.6 Å². The Labute approximate surface area is 182 Å². The van der Waals surface area contributed by atoms with E-state index < -0.39 is 11.7 Å². The molecule has 1 N–H and O–H groups in total. The van der Waals surface area contributed by atoms with Crippen molar-refractivity contribution in [2.75, 3.05) is 0 Å². The van der Waals surface area contributed by atoms with Crippen LogP contribution in [0.4, 0.5) is 13.2 Å². The lowest BCUT2D eigenvalue weighted by molar-refractivity contribution is -0.137. The highest BCUT2D eigenvalue weighted by Gasteiger charge is 2.32. The molecule has 0 unspecified atom stereocenters. The van der Waals surface area contributed by atoms with Crippen LogP contribution in [0.15, 0.2) is 42.6 Å². The Morgan fingerprint density at radius 1 is 0.862 bits per heavy atom. The molecule has 0 saturated heterocycles. The molecular weight excluding hydrogens is 469 g/mol. The van der Waals surface area contributed by atoms with Gasteiger partial charge in [0.25, 0.3) is 0 Å². The van der Waals surface area contributed by atoms with Crippen LogP contribution in [0.25, 0.3) is 33.7 Å². The van der Waals surface area contributed by atoms with Gasteiger partial charge in [-0.3, -0.25) is 4.98 Å². The molecular formula is C19H8Cl4F3N3. The number of rotatable bonds is 2. The van der Waals surface area contributed by atoms with E-state index in [-0.39, 0.29) is 21.9 Å². The highest BCUT2D eigenvalue weighted by atomic mass is 35.5. The van der Waals surface area contributed by atoms with Crippen LogP contribution >= 0.6 is 46.4 Å². The van der Waals surface area contributed by atoms with Gasteiger partial charge in [0.05, 0.1) is 36.9 Å². The molecule has 2 aromatic carbocycles. The van der Waals surface area contributed by atoms with Gasteiger partial charge in [-0.2, -0.15) is 13.2 Å². The second-order valence-corrected chi connectivity index (χ2v) is 7.77. The summed E-state index contributed by atoms with van der Waals surface area (Å²) >= 11 is 24.4. The summed E-state index contributed by atoms with van der Waals surface area (Å²) in [6, 6.07) is 8.38. The lowest BCUT2D eigenvalue weighted by Gasteiger charge is -2.07. The third-order valence-electron chi connectivity index (χ3n) is 4.17. The summed E-state index contributed by atoms with van der Waals surface area (Å²) in [5.74, 6) is 0.285. The van der Waals surface area contributed by atoms with E-state index >= 15 is 0 Å².